The van der Waals surface area contributed by atoms with Gasteiger partial charge in [0.05, 0.1) is 10.7 Å². The summed E-state index contributed by atoms with van der Waals surface area (Å²) >= 11 is 7.60. The van der Waals surface area contributed by atoms with E-state index in [0.717, 1.165) is 17.0 Å². The molecule has 0 unspecified atom stereocenters. The van der Waals surface area contributed by atoms with Crippen LogP contribution in [0.1, 0.15) is 11.8 Å². The fraction of sp³-hybridized carbons (Fsp3) is 0.375. The van der Waals surface area contributed by atoms with Crippen molar-refractivity contribution in [3.05, 3.63) is 46.3 Å². The Labute approximate surface area is 146 Å². The number of hydrogen-bond acceptors (Lipinski definition) is 4. The molecule has 7 heteroatoms. The molecule has 1 aliphatic heterocycles. The van der Waals surface area contributed by atoms with Crippen molar-refractivity contribution in [2.24, 2.45) is 0 Å². The lowest BCUT2D eigenvalue weighted by Gasteiger charge is -2.35. The van der Waals surface area contributed by atoms with Crippen LogP contribution in [-0.4, -0.2) is 38.9 Å². The third-order valence-corrected chi connectivity index (χ3v) is 7.93. The van der Waals surface area contributed by atoms with Crippen LogP contribution in [0.25, 0.3) is 0 Å². The van der Waals surface area contributed by atoms with Gasteiger partial charge in [0.2, 0.25) is 0 Å². The molecule has 124 valence electrons. The summed E-state index contributed by atoms with van der Waals surface area (Å²) in [7, 11) is -3.37. The van der Waals surface area contributed by atoms with Gasteiger partial charge in [0, 0.05) is 31.1 Å². The summed E-state index contributed by atoms with van der Waals surface area (Å²) in [6.45, 7) is 4.29. The number of nitrogens with zero attached hydrogens (tertiary/aromatic N) is 2. The van der Waals surface area contributed by atoms with Crippen molar-refractivity contribution in [3.8, 4) is 0 Å². The molecule has 0 atom stereocenters. The number of benzene rings is 1. The third-order valence-electron chi connectivity index (χ3n) is 4.01. The van der Waals surface area contributed by atoms with E-state index in [9.17, 15) is 8.42 Å². The number of hydrogen-bond donors (Lipinski definition) is 0. The van der Waals surface area contributed by atoms with E-state index in [-0.39, 0.29) is 0 Å². The Morgan fingerprint density at radius 3 is 2.39 bits per heavy atom. The summed E-state index contributed by atoms with van der Waals surface area (Å²) in [5.74, 6) is 0. The fourth-order valence-electron chi connectivity index (χ4n) is 2.69. The largest absolute Gasteiger partial charge is 0.368 e. The van der Waals surface area contributed by atoms with E-state index in [1.165, 1.54) is 11.3 Å². The highest BCUT2D eigenvalue weighted by atomic mass is 35.5. The lowest BCUT2D eigenvalue weighted by Crippen LogP contribution is -2.48. The summed E-state index contributed by atoms with van der Waals surface area (Å²) in [5.41, 5.74) is 0.968. The van der Waals surface area contributed by atoms with Crippen molar-refractivity contribution in [1.82, 2.24) is 4.31 Å². The number of thiophene rings is 1. The summed E-state index contributed by atoms with van der Waals surface area (Å²) in [6, 6.07) is 11.3. The highest BCUT2D eigenvalue weighted by molar-refractivity contribution is 7.91. The molecule has 0 N–H and O–H groups in total. The highest BCUT2D eigenvalue weighted by Crippen LogP contribution is 2.29. The Morgan fingerprint density at radius 1 is 1.09 bits per heavy atom. The van der Waals surface area contributed by atoms with E-state index < -0.39 is 10.0 Å². The second-order valence-electron chi connectivity index (χ2n) is 5.42. The van der Waals surface area contributed by atoms with Gasteiger partial charge in [-0.2, -0.15) is 4.31 Å². The number of para-hydroxylation sites is 1. The lowest BCUT2D eigenvalue weighted by molar-refractivity contribution is 0.386. The number of sulfonamides is 1. The van der Waals surface area contributed by atoms with Gasteiger partial charge >= 0.3 is 0 Å². The number of halogens is 1. The normalized spacial score (nSPS) is 16.7. The number of anilines is 1. The smallest absolute Gasteiger partial charge is 0.252 e. The molecule has 0 radical (unpaired) electrons. The molecule has 4 nitrogen and oxygen atoms in total. The van der Waals surface area contributed by atoms with Gasteiger partial charge in [-0.25, -0.2) is 8.42 Å². The van der Waals surface area contributed by atoms with Gasteiger partial charge in [0.15, 0.2) is 0 Å². The Kier molecular flexibility index (Phi) is 4.96. The van der Waals surface area contributed by atoms with Gasteiger partial charge in [0.1, 0.15) is 4.21 Å². The summed E-state index contributed by atoms with van der Waals surface area (Å²) in [5, 5.41) is 0.703. The first kappa shape index (κ1) is 16.8. The number of rotatable bonds is 4. The third kappa shape index (κ3) is 3.40. The fourth-order valence-corrected chi connectivity index (χ4v) is 5.82. The molecule has 3 rings (SSSR count). The van der Waals surface area contributed by atoms with Gasteiger partial charge in [-0.05, 0) is 30.7 Å². The summed E-state index contributed by atoms with van der Waals surface area (Å²) in [4.78, 5) is 3.23. The first-order valence-corrected chi connectivity index (χ1v) is 10.2. The molecule has 1 aromatic carbocycles. The monoisotopic (exact) mass is 370 g/mol. The molecule has 1 aliphatic rings. The SMILES string of the molecule is CCc1ccc(S(=O)(=O)N2CCN(c3ccccc3Cl)CC2)s1. The average molecular weight is 371 g/mol. The predicted octanol–water partition coefficient (Wildman–Crippen LogP) is 3.47. The Hall–Kier alpha value is -1.08. The maximum Gasteiger partial charge on any atom is 0.252 e. The zero-order chi connectivity index (χ0) is 16.4. The maximum absolute atomic E-state index is 12.7. The van der Waals surface area contributed by atoms with Gasteiger partial charge in [-0.3, -0.25) is 0 Å². The van der Waals surface area contributed by atoms with Crippen LogP contribution in [0.4, 0.5) is 5.69 Å². The van der Waals surface area contributed by atoms with Crippen LogP contribution in [0, 0.1) is 0 Å². The first-order chi connectivity index (χ1) is 11.0. The second-order valence-corrected chi connectivity index (χ2v) is 9.16. The Bertz CT molecular complexity index is 781. The van der Waals surface area contributed by atoms with E-state index in [1.54, 1.807) is 10.4 Å². The minimum atomic E-state index is -3.37. The van der Waals surface area contributed by atoms with Crippen molar-refractivity contribution in [2.45, 2.75) is 17.6 Å². The maximum atomic E-state index is 12.7. The van der Waals surface area contributed by atoms with Crippen LogP contribution >= 0.6 is 22.9 Å². The number of piperazine rings is 1. The molecule has 2 aromatic rings. The van der Waals surface area contributed by atoms with E-state index in [4.69, 9.17) is 11.6 Å². The van der Waals surface area contributed by atoms with E-state index >= 15 is 0 Å². The van der Waals surface area contributed by atoms with Gasteiger partial charge < -0.3 is 4.90 Å². The predicted molar refractivity (Wildman–Crippen MR) is 96.1 cm³/mol. The molecule has 23 heavy (non-hydrogen) atoms. The molecule has 1 saturated heterocycles. The number of aryl methyl sites for hydroxylation is 1. The summed E-state index contributed by atoms with van der Waals surface area (Å²) < 4.78 is 27.5. The van der Waals surface area contributed by atoms with E-state index in [2.05, 4.69) is 4.90 Å². The molecule has 0 saturated carbocycles. The Balaban J connectivity index is 1.72. The average Bonchev–Trinajstić information content (AvgIpc) is 3.05. The first-order valence-electron chi connectivity index (χ1n) is 7.60. The molecule has 1 fully saturated rings. The van der Waals surface area contributed by atoms with Crippen molar-refractivity contribution < 1.29 is 8.42 Å². The van der Waals surface area contributed by atoms with Crippen molar-refractivity contribution in [2.75, 3.05) is 31.1 Å². The minimum absolute atomic E-state index is 0.445. The standard InChI is InChI=1S/C16H19ClN2O2S2/c1-2-13-7-8-16(22-13)23(20,21)19-11-9-18(10-12-19)15-6-4-3-5-14(15)17/h3-8H,2,9-12H2,1H3. The van der Waals surface area contributed by atoms with Crippen LogP contribution in [0.5, 0.6) is 0 Å². The summed E-state index contributed by atoms with van der Waals surface area (Å²) in [6.07, 6.45) is 0.862. The zero-order valence-electron chi connectivity index (χ0n) is 12.9. The van der Waals surface area contributed by atoms with Crippen LogP contribution in [-0.2, 0) is 16.4 Å². The van der Waals surface area contributed by atoms with Crippen molar-refractivity contribution in [3.63, 3.8) is 0 Å². The molecular weight excluding hydrogens is 352 g/mol. The van der Waals surface area contributed by atoms with Crippen LogP contribution < -0.4 is 4.90 Å². The molecule has 0 spiro atoms. The molecule has 0 amide bonds. The van der Waals surface area contributed by atoms with Gasteiger partial charge in [-0.1, -0.05) is 30.7 Å². The van der Waals surface area contributed by atoms with Crippen molar-refractivity contribution >= 4 is 38.6 Å². The quantitative estimate of drug-likeness (QED) is 0.827. The van der Waals surface area contributed by atoms with Gasteiger partial charge in [0.25, 0.3) is 10.0 Å². The van der Waals surface area contributed by atoms with Crippen LogP contribution in [0.3, 0.4) is 0 Å². The van der Waals surface area contributed by atoms with Gasteiger partial charge in [-0.15, -0.1) is 11.3 Å². The van der Waals surface area contributed by atoms with Crippen LogP contribution in [0.15, 0.2) is 40.6 Å². The Morgan fingerprint density at radius 2 is 1.78 bits per heavy atom. The molecule has 0 aliphatic carbocycles. The lowest BCUT2D eigenvalue weighted by atomic mass is 10.2. The second kappa shape index (κ2) is 6.81. The molecular formula is C16H19ClN2O2S2. The van der Waals surface area contributed by atoms with Crippen LogP contribution in [0.2, 0.25) is 5.02 Å². The topological polar surface area (TPSA) is 40.6 Å². The highest BCUT2D eigenvalue weighted by Gasteiger charge is 2.30. The molecule has 1 aromatic heterocycles. The molecule has 0 bridgehead atoms. The van der Waals surface area contributed by atoms with Crippen molar-refractivity contribution in [1.29, 1.82) is 0 Å². The van der Waals surface area contributed by atoms with E-state index in [1.807, 2.05) is 37.3 Å². The van der Waals surface area contributed by atoms with E-state index in [0.29, 0.717) is 35.4 Å². The zero-order valence-corrected chi connectivity index (χ0v) is 15.3. The minimum Gasteiger partial charge on any atom is -0.368 e. The molecule has 2 heterocycles.